The fourth-order valence-electron chi connectivity index (χ4n) is 4.84. The number of sulfonamides is 1. The highest BCUT2D eigenvalue weighted by atomic mass is 32.2. The molecule has 30 heavy (non-hydrogen) atoms. The van der Waals surface area contributed by atoms with Crippen molar-refractivity contribution in [3.63, 3.8) is 0 Å². The molecule has 1 aliphatic carbocycles. The van der Waals surface area contributed by atoms with Crippen LogP contribution in [0.2, 0.25) is 0 Å². The van der Waals surface area contributed by atoms with Crippen LogP contribution in [0.4, 0.5) is 0 Å². The number of H-pyrrole nitrogens is 1. The van der Waals surface area contributed by atoms with Gasteiger partial charge in [0, 0.05) is 49.3 Å². The first-order chi connectivity index (χ1) is 14.6. The number of nitrogens with one attached hydrogen (secondary N) is 1. The van der Waals surface area contributed by atoms with Gasteiger partial charge in [-0.05, 0) is 55.0 Å². The monoisotopic (exact) mass is 423 g/mol. The van der Waals surface area contributed by atoms with Crippen molar-refractivity contribution < 1.29 is 8.42 Å². The molecule has 0 atom stereocenters. The van der Waals surface area contributed by atoms with E-state index >= 15 is 0 Å². The zero-order chi connectivity index (χ0) is 20.6. The number of aromatic nitrogens is 1. The predicted octanol–water partition coefficient (Wildman–Crippen LogP) is 3.94. The minimum atomic E-state index is -3.47. The van der Waals surface area contributed by atoms with Crippen LogP contribution in [0, 0.1) is 0 Å². The summed E-state index contributed by atoms with van der Waals surface area (Å²) in [5, 5.41) is 1.09. The largest absolute Gasteiger partial charge is 0.358 e. The number of nitrogens with zero attached hydrogens (tertiary/aromatic N) is 2. The second-order valence-electron chi connectivity index (χ2n) is 8.52. The Kier molecular flexibility index (Phi) is 5.39. The van der Waals surface area contributed by atoms with Gasteiger partial charge >= 0.3 is 0 Å². The summed E-state index contributed by atoms with van der Waals surface area (Å²) in [5.41, 5.74) is 4.96. The number of benzene rings is 2. The molecule has 5 rings (SSSR count). The third kappa shape index (κ3) is 3.80. The second-order valence-corrected chi connectivity index (χ2v) is 10.5. The molecule has 1 fully saturated rings. The maximum atomic E-state index is 13.4. The van der Waals surface area contributed by atoms with Crippen LogP contribution >= 0.6 is 0 Å². The Morgan fingerprint density at radius 2 is 1.63 bits per heavy atom. The Bertz CT molecular complexity index is 1130. The average molecular weight is 424 g/mol. The lowest BCUT2D eigenvalue weighted by Crippen LogP contribution is -2.48. The maximum Gasteiger partial charge on any atom is 0.243 e. The minimum absolute atomic E-state index is 0.428. The van der Waals surface area contributed by atoms with Crippen LogP contribution in [0.25, 0.3) is 10.9 Å². The number of rotatable bonds is 4. The first-order valence-corrected chi connectivity index (χ1v) is 12.5. The van der Waals surface area contributed by atoms with E-state index in [1.165, 1.54) is 36.1 Å². The van der Waals surface area contributed by atoms with Gasteiger partial charge in [0.25, 0.3) is 0 Å². The fourth-order valence-corrected chi connectivity index (χ4v) is 6.29. The summed E-state index contributed by atoms with van der Waals surface area (Å²) < 4.78 is 28.4. The van der Waals surface area contributed by atoms with Gasteiger partial charge in [0.15, 0.2) is 0 Å². The summed E-state index contributed by atoms with van der Waals surface area (Å²) in [6.45, 7) is 3.47. The highest BCUT2D eigenvalue weighted by Gasteiger charge is 2.29. The standard InChI is InChI=1S/C24H29N3O2S/c28-30(29,27-15-13-26(14-16-27)18-19-7-3-1-4-8-19)20-11-12-24-22(17-20)21-9-5-2-6-10-23(21)25-24/h1,3-4,7-8,11-12,17,25H,2,5-6,9-10,13-16,18H2. The van der Waals surface area contributed by atoms with Gasteiger partial charge in [0.2, 0.25) is 10.0 Å². The summed E-state index contributed by atoms with van der Waals surface area (Å²) in [6.07, 6.45) is 5.74. The normalized spacial score (nSPS) is 18.9. The molecule has 5 nitrogen and oxygen atoms in total. The number of aromatic amines is 1. The summed E-state index contributed by atoms with van der Waals surface area (Å²) in [5.74, 6) is 0. The van der Waals surface area contributed by atoms with Gasteiger partial charge in [0.1, 0.15) is 0 Å². The van der Waals surface area contributed by atoms with Crippen molar-refractivity contribution in [2.75, 3.05) is 26.2 Å². The van der Waals surface area contributed by atoms with Gasteiger partial charge in [-0.2, -0.15) is 4.31 Å². The van der Waals surface area contributed by atoms with Crippen LogP contribution in [0.5, 0.6) is 0 Å². The highest BCUT2D eigenvalue weighted by molar-refractivity contribution is 7.89. The van der Waals surface area contributed by atoms with E-state index in [9.17, 15) is 8.42 Å². The van der Waals surface area contributed by atoms with E-state index in [0.717, 1.165) is 43.4 Å². The number of fused-ring (bicyclic) bond motifs is 3. The Hall–Kier alpha value is -2.15. The Labute approximate surface area is 178 Å². The summed E-state index contributed by atoms with van der Waals surface area (Å²) in [6, 6.07) is 16.0. The zero-order valence-corrected chi connectivity index (χ0v) is 18.1. The van der Waals surface area contributed by atoms with Crippen LogP contribution < -0.4 is 0 Å². The Balaban J connectivity index is 1.34. The number of aryl methyl sites for hydroxylation is 2. The maximum absolute atomic E-state index is 13.4. The molecule has 6 heteroatoms. The predicted molar refractivity (Wildman–Crippen MR) is 120 cm³/mol. The highest BCUT2D eigenvalue weighted by Crippen LogP contribution is 2.31. The molecule has 158 valence electrons. The SMILES string of the molecule is O=S(=O)(c1ccc2[nH]c3c(c2c1)CCCCC3)N1CCN(Cc2ccccc2)CC1. The van der Waals surface area contributed by atoms with E-state index < -0.39 is 10.0 Å². The quantitative estimate of drug-likeness (QED) is 0.647. The van der Waals surface area contributed by atoms with Crippen molar-refractivity contribution in [2.24, 2.45) is 0 Å². The van der Waals surface area contributed by atoms with E-state index in [1.807, 2.05) is 30.3 Å². The minimum Gasteiger partial charge on any atom is -0.358 e. The summed E-state index contributed by atoms with van der Waals surface area (Å²) in [4.78, 5) is 6.29. The van der Waals surface area contributed by atoms with Gasteiger partial charge in [-0.15, -0.1) is 0 Å². The molecule has 0 spiro atoms. The average Bonchev–Trinajstić information content (AvgIpc) is 2.94. The van der Waals surface area contributed by atoms with Crippen molar-refractivity contribution in [3.8, 4) is 0 Å². The third-order valence-electron chi connectivity index (χ3n) is 6.54. The number of hydrogen-bond acceptors (Lipinski definition) is 3. The van der Waals surface area contributed by atoms with E-state index in [1.54, 1.807) is 10.4 Å². The van der Waals surface area contributed by atoms with Crippen molar-refractivity contribution >= 4 is 20.9 Å². The lowest BCUT2D eigenvalue weighted by Gasteiger charge is -2.34. The summed E-state index contributed by atoms with van der Waals surface area (Å²) >= 11 is 0. The zero-order valence-electron chi connectivity index (χ0n) is 17.3. The van der Waals surface area contributed by atoms with Crippen LogP contribution in [0.15, 0.2) is 53.4 Å². The van der Waals surface area contributed by atoms with Crippen LogP contribution in [-0.4, -0.2) is 48.8 Å². The lowest BCUT2D eigenvalue weighted by atomic mass is 10.1. The van der Waals surface area contributed by atoms with E-state index in [4.69, 9.17) is 0 Å². The number of piperazine rings is 1. The molecule has 0 unspecified atom stereocenters. The fraction of sp³-hybridized carbons (Fsp3) is 0.417. The molecule has 2 heterocycles. The van der Waals surface area contributed by atoms with Crippen LogP contribution in [-0.2, 0) is 29.4 Å². The molecule has 0 bridgehead atoms. The molecule has 1 saturated heterocycles. The van der Waals surface area contributed by atoms with E-state index in [0.29, 0.717) is 18.0 Å². The molecular formula is C24H29N3O2S. The second kappa shape index (κ2) is 8.17. The smallest absolute Gasteiger partial charge is 0.243 e. The van der Waals surface area contributed by atoms with Gasteiger partial charge in [-0.3, -0.25) is 4.90 Å². The molecule has 2 aromatic carbocycles. The Morgan fingerprint density at radius 1 is 0.867 bits per heavy atom. The third-order valence-corrected chi connectivity index (χ3v) is 8.43. The van der Waals surface area contributed by atoms with Gasteiger partial charge in [-0.25, -0.2) is 8.42 Å². The van der Waals surface area contributed by atoms with Crippen LogP contribution in [0.3, 0.4) is 0 Å². The van der Waals surface area contributed by atoms with E-state index in [2.05, 4.69) is 22.0 Å². The topological polar surface area (TPSA) is 56.4 Å². The number of hydrogen-bond donors (Lipinski definition) is 1. The van der Waals surface area contributed by atoms with Gasteiger partial charge in [-0.1, -0.05) is 36.8 Å². The first kappa shape index (κ1) is 19.8. The molecule has 2 aliphatic rings. The van der Waals surface area contributed by atoms with Crippen molar-refractivity contribution in [3.05, 3.63) is 65.4 Å². The van der Waals surface area contributed by atoms with Gasteiger partial charge < -0.3 is 4.98 Å². The summed E-state index contributed by atoms with van der Waals surface area (Å²) in [7, 11) is -3.47. The molecule has 0 radical (unpaired) electrons. The van der Waals surface area contributed by atoms with Gasteiger partial charge in [0.05, 0.1) is 4.90 Å². The van der Waals surface area contributed by atoms with E-state index in [-0.39, 0.29) is 0 Å². The van der Waals surface area contributed by atoms with Crippen molar-refractivity contribution in [1.29, 1.82) is 0 Å². The molecule has 3 aromatic rings. The first-order valence-electron chi connectivity index (χ1n) is 11.0. The van der Waals surface area contributed by atoms with Crippen molar-refractivity contribution in [1.82, 2.24) is 14.2 Å². The lowest BCUT2D eigenvalue weighted by molar-refractivity contribution is 0.181. The Morgan fingerprint density at radius 3 is 2.43 bits per heavy atom. The molecule has 0 amide bonds. The molecule has 0 saturated carbocycles. The molecule has 1 aliphatic heterocycles. The molecule has 1 aromatic heterocycles. The molecule has 1 N–H and O–H groups in total. The molecular weight excluding hydrogens is 394 g/mol. The van der Waals surface area contributed by atoms with Crippen molar-refractivity contribution in [2.45, 2.75) is 43.5 Å². The van der Waals surface area contributed by atoms with Crippen LogP contribution in [0.1, 0.15) is 36.1 Å².